The molecule has 3 heteroatoms. The van der Waals surface area contributed by atoms with E-state index < -0.39 is 0 Å². The molecule has 2 rings (SSSR count). The molecule has 0 saturated carbocycles. The van der Waals surface area contributed by atoms with Gasteiger partial charge in [0.15, 0.2) is 0 Å². The Balaban J connectivity index is 2.39. The molecule has 0 aliphatic carbocycles. The zero-order valence-electron chi connectivity index (χ0n) is 9.33. The molecule has 0 aliphatic rings. The van der Waals surface area contributed by atoms with E-state index >= 15 is 0 Å². The van der Waals surface area contributed by atoms with Crippen molar-refractivity contribution in [1.82, 2.24) is 0 Å². The lowest BCUT2D eigenvalue weighted by Gasteiger charge is -2.15. The van der Waals surface area contributed by atoms with Gasteiger partial charge >= 0.3 is 0 Å². The van der Waals surface area contributed by atoms with Crippen molar-refractivity contribution in [3.63, 3.8) is 0 Å². The summed E-state index contributed by atoms with van der Waals surface area (Å²) in [5, 5.41) is 0.763. The van der Waals surface area contributed by atoms with Crippen LogP contribution < -0.4 is 5.73 Å². The molecule has 0 spiro atoms. The fourth-order valence-electron chi connectivity index (χ4n) is 1.48. The van der Waals surface area contributed by atoms with Crippen LogP contribution in [-0.4, -0.2) is 0 Å². The first-order valence-corrected chi connectivity index (χ1v) is 6.31. The van der Waals surface area contributed by atoms with Crippen molar-refractivity contribution in [1.29, 1.82) is 0 Å². The van der Waals surface area contributed by atoms with Crippen LogP contribution in [0.15, 0.2) is 36.4 Å². The summed E-state index contributed by atoms with van der Waals surface area (Å²) in [6.45, 7) is 4.03. The monoisotopic (exact) mass is 251 g/mol. The molecule has 0 atom stereocenters. The first-order chi connectivity index (χ1) is 7.47. The smallest absolute Gasteiger partial charge is 0.0446 e. The third-order valence-corrected chi connectivity index (χ3v) is 4.06. The van der Waals surface area contributed by atoms with Gasteiger partial charge in [-0.1, -0.05) is 23.7 Å². The molecule has 0 amide bonds. The molecule has 0 unspecified atom stereocenters. The summed E-state index contributed by atoms with van der Waals surface area (Å²) in [5.74, 6) is 0. The Kier molecular flexibility index (Phi) is 3.06. The molecule has 2 N–H and O–H groups in total. The van der Waals surface area contributed by atoms with Gasteiger partial charge in [0, 0.05) is 20.3 Å². The highest BCUT2D eigenvalue weighted by Crippen LogP contribution is 2.33. The number of rotatable bonds is 2. The second-order valence-electron chi connectivity index (χ2n) is 4.40. The van der Waals surface area contributed by atoms with Gasteiger partial charge in [-0.2, -0.15) is 0 Å². The van der Waals surface area contributed by atoms with Gasteiger partial charge in [-0.3, -0.25) is 0 Å². The number of hydrogen-bond donors (Lipinski definition) is 1. The van der Waals surface area contributed by atoms with E-state index in [0.717, 1.165) is 10.6 Å². The minimum Gasteiger partial charge on any atom is -0.321 e. The highest BCUT2D eigenvalue weighted by Gasteiger charge is 2.16. The molecule has 84 valence electrons. The molecular weight excluding hydrogens is 238 g/mol. The van der Waals surface area contributed by atoms with Crippen LogP contribution in [0, 0.1) is 0 Å². The summed E-state index contributed by atoms with van der Waals surface area (Å²) in [4.78, 5) is 2.39. The van der Waals surface area contributed by atoms with Gasteiger partial charge in [0.1, 0.15) is 0 Å². The van der Waals surface area contributed by atoms with Gasteiger partial charge in [0.2, 0.25) is 0 Å². The Morgan fingerprint density at radius 1 is 1.19 bits per heavy atom. The van der Waals surface area contributed by atoms with Gasteiger partial charge in [0.05, 0.1) is 0 Å². The minimum absolute atomic E-state index is 0.276. The lowest BCUT2D eigenvalue weighted by atomic mass is 10.1. The van der Waals surface area contributed by atoms with Crippen LogP contribution in [0.25, 0.3) is 10.4 Å². The maximum atomic E-state index is 6.06. The highest BCUT2D eigenvalue weighted by molar-refractivity contribution is 7.15. The Bertz CT molecular complexity index is 497. The van der Waals surface area contributed by atoms with E-state index in [1.807, 2.05) is 32.0 Å². The van der Waals surface area contributed by atoms with E-state index in [9.17, 15) is 0 Å². The lowest BCUT2D eigenvalue weighted by molar-refractivity contribution is 0.567. The third-order valence-electron chi connectivity index (χ3n) is 2.35. The molecule has 1 nitrogen and oxygen atoms in total. The van der Waals surface area contributed by atoms with Gasteiger partial charge in [-0.05, 0) is 43.7 Å². The van der Waals surface area contributed by atoms with Gasteiger partial charge < -0.3 is 5.73 Å². The van der Waals surface area contributed by atoms with Crippen LogP contribution in [0.4, 0.5) is 0 Å². The fourth-order valence-corrected chi connectivity index (χ4v) is 2.69. The minimum atomic E-state index is -0.276. The molecule has 1 heterocycles. The summed E-state index contributed by atoms with van der Waals surface area (Å²) in [6.07, 6.45) is 0. The van der Waals surface area contributed by atoms with Crippen LogP contribution in [0.1, 0.15) is 18.7 Å². The van der Waals surface area contributed by atoms with Crippen molar-refractivity contribution in [3.8, 4) is 10.4 Å². The summed E-state index contributed by atoms with van der Waals surface area (Å²) >= 11 is 7.69. The van der Waals surface area contributed by atoms with Crippen molar-refractivity contribution in [2.24, 2.45) is 5.73 Å². The first kappa shape index (κ1) is 11.6. The van der Waals surface area contributed by atoms with E-state index in [1.54, 1.807) is 11.3 Å². The number of nitrogens with two attached hydrogens (primary N) is 1. The molecule has 0 fully saturated rings. The Morgan fingerprint density at radius 2 is 1.94 bits per heavy atom. The first-order valence-electron chi connectivity index (χ1n) is 5.12. The number of benzene rings is 1. The Hall–Kier alpha value is -0.830. The predicted octanol–water partition coefficient (Wildman–Crippen LogP) is 4.26. The van der Waals surface area contributed by atoms with E-state index in [2.05, 4.69) is 18.2 Å². The topological polar surface area (TPSA) is 26.0 Å². The van der Waals surface area contributed by atoms with E-state index in [4.69, 9.17) is 17.3 Å². The normalized spacial score (nSPS) is 11.8. The molecule has 0 saturated heterocycles. The summed E-state index contributed by atoms with van der Waals surface area (Å²) in [7, 11) is 0. The van der Waals surface area contributed by atoms with Crippen molar-refractivity contribution >= 4 is 22.9 Å². The molecule has 0 radical (unpaired) electrons. The van der Waals surface area contributed by atoms with Crippen molar-refractivity contribution in [3.05, 3.63) is 46.3 Å². The molecule has 2 aromatic rings. The maximum Gasteiger partial charge on any atom is 0.0446 e. The van der Waals surface area contributed by atoms with Crippen molar-refractivity contribution in [2.45, 2.75) is 19.4 Å². The molecule has 0 bridgehead atoms. The average Bonchev–Trinajstić information content (AvgIpc) is 2.65. The predicted molar refractivity (Wildman–Crippen MR) is 72.0 cm³/mol. The third kappa shape index (κ3) is 2.46. The SMILES string of the molecule is CC(C)(N)c1ccc(-c2cccc(Cl)c2)s1. The summed E-state index contributed by atoms with van der Waals surface area (Å²) < 4.78 is 0. The van der Waals surface area contributed by atoms with Gasteiger partial charge in [-0.15, -0.1) is 11.3 Å². The van der Waals surface area contributed by atoms with Crippen LogP contribution in [0.2, 0.25) is 5.02 Å². The quantitative estimate of drug-likeness (QED) is 0.848. The molecule has 1 aromatic carbocycles. The average molecular weight is 252 g/mol. The van der Waals surface area contributed by atoms with E-state index in [-0.39, 0.29) is 5.54 Å². The zero-order valence-corrected chi connectivity index (χ0v) is 10.9. The summed E-state index contributed by atoms with van der Waals surface area (Å²) in [6, 6.07) is 12.1. The van der Waals surface area contributed by atoms with Crippen molar-refractivity contribution < 1.29 is 0 Å². The lowest BCUT2D eigenvalue weighted by Crippen LogP contribution is -2.27. The van der Waals surface area contributed by atoms with Crippen LogP contribution in [0.5, 0.6) is 0 Å². The van der Waals surface area contributed by atoms with Crippen molar-refractivity contribution in [2.75, 3.05) is 0 Å². The summed E-state index contributed by atoms with van der Waals surface area (Å²) in [5.41, 5.74) is 6.93. The largest absolute Gasteiger partial charge is 0.321 e. The van der Waals surface area contributed by atoms with Crippen LogP contribution >= 0.6 is 22.9 Å². The molecule has 16 heavy (non-hydrogen) atoms. The standard InChI is InChI=1S/C13H14ClNS/c1-13(2,15)12-7-6-11(16-12)9-4-3-5-10(14)8-9/h3-8H,15H2,1-2H3. The zero-order chi connectivity index (χ0) is 11.8. The van der Waals surface area contributed by atoms with Crippen LogP contribution in [-0.2, 0) is 5.54 Å². The number of hydrogen-bond acceptors (Lipinski definition) is 2. The van der Waals surface area contributed by atoms with Gasteiger partial charge in [-0.25, -0.2) is 0 Å². The number of halogens is 1. The molecular formula is C13H14ClNS. The number of thiophene rings is 1. The van der Waals surface area contributed by atoms with Gasteiger partial charge in [0.25, 0.3) is 0 Å². The second kappa shape index (κ2) is 4.21. The second-order valence-corrected chi connectivity index (χ2v) is 5.92. The highest BCUT2D eigenvalue weighted by atomic mass is 35.5. The Morgan fingerprint density at radius 3 is 2.50 bits per heavy atom. The maximum absolute atomic E-state index is 6.06. The Labute approximate surface area is 105 Å². The van der Waals surface area contributed by atoms with E-state index in [0.29, 0.717) is 0 Å². The fraction of sp³-hybridized carbons (Fsp3) is 0.231. The molecule has 0 aliphatic heterocycles. The van der Waals surface area contributed by atoms with Crippen LogP contribution in [0.3, 0.4) is 0 Å². The van der Waals surface area contributed by atoms with E-state index in [1.165, 1.54) is 9.75 Å². The molecule has 1 aromatic heterocycles.